The second-order valence-corrected chi connectivity index (χ2v) is 7.51. The van der Waals surface area contributed by atoms with E-state index in [0.717, 1.165) is 31.3 Å². The van der Waals surface area contributed by atoms with Gasteiger partial charge in [0.25, 0.3) is 0 Å². The van der Waals surface area contributed by atoms with Crippen molar-refractivity contribution in [2.45, 2.75) is 72.0 Å². The van der Waals surface area contributed by atoms with Gasteiger partial charge in [0.15, 0.2) is 0 Å². The summed E-state index contributed by atoms with van der Waals surface area (Å²) in [5.41, 5.74) is 4.13. The molecule has 0 spiro atoms. The zero-order chi connectivity index (χ0) is 19.3. The first kappa shape index (κ1) is 20.2. The first-order valence-corrected chi connectivity index (χ1v) is 9.33. The van der Waals surface area contributed by atoms with Gasteiger partial charge in [0, 0.05) is 24.8 Å². The average Bonchev–Trinajstić information content (AvgIpc) is 2.77. The molecule has 2 aliphatic rings. The Balaban J connectivity index is 2.30. The van der Waals surface area contributed by atoms with E-state index in [2.05, 4.69) is 26.5 Å². The van der Waals surface area contributed by atoms with Crippen molar-refractivity contribution >= 4 is 11.9 Å². The number of allylic oxidation sites excluding steroid dienone is 3. The van der Waals surface area contributed by atoms with Crippen LogP contribution >= 0.6 is 0 Å². The van der Waals surface area contributed by atoms with Crippen LogP contribution in [0.2, 0.25) is 0 Å². The van der Waals surface area contributed by atoms with E-state index in [1.165, 1.54) is 18.1 Å². The molecule has 0 aromatic carbocycles. The lowest BCUT2D eigenvalue weighted by atomic mass is 9.88. The SMILES string of the molecule is C=C1C(=O)O[C@H]2/C=C(\C)C[C@@H](OC(C)=O)/C=C(\C)CC/C=C(\C)CC[C@H]12. The topological polar surface area (TPSA) is 52.6 Å². The molecule has 4 nitrogen and oxygen atoms in total. The summed E-state index contributed by atoms with van der Waals surface area (Å²) in [6.07, 6.45) is 9.98. The molecule has 142 valence electrons. The Hall–Kier alpha value is -2.10. The monoisotopic (exact) mass is 358 g/mol. The third-order valence-electron chi connectivity index (χ3n) is 4.99. The van der Waals surface area contributed by atoms with Crippen LogP contribution in [-0.2, 0) is 19.1 Å². The lowest BCUT2D eigenvalue weighted by molar-refractivity contribution is -0.144. The highest BCUT2D eigenvalue weighted by molar-refractivity contribution is 5.91. The summed E-state index contributed by atoms with van der Waals surface area (Å²) in [6.45, 7) is 11.6. The molecule has 0 unspecified atom stereocenters. The van der Waals surface area contributed by atoms with E-state index in [1.54, 1.807) is 0 Å². The minimum Gasteiger partial charge on any atom is -0.458 e. The highest BCUT2D eigenvalue weighted by Gasteiger charge is 2.37. The van der Waals surface area contributed by atoms with Crippen molar-refractivity contribution < 1.29 is 19.1 Å². The summed E-state index contributed by atoms with van der Waals surface area (Å²) >= 11 is 0. The van der Waals surface area contributed by atoms with Gasteiger partial charge in [0.1, 0.15) is 12.2 Å². The van der Waals surface area contributed by atoms with Crippen molar-refractivity contribution in [1.29, 1.82) is 0 Å². The molecule has 1 saturated heterocycles. The zero-order valence-corrected chi connectivity index (χ0v) is 16.3. The van der Waals surface area contributed by atoms with E-state index >= 15 is 0 Å². The number of rotatable bonds is 1. The van der Waals surface area contributed by atoms with Crippen molar-refractivity contribution in [3.8, 4) is 0 Å². The highest BCUT2D eigenvalue weighted by atomic mass is 16.6. The minimum atomic E-state index is -0.303. The molecular formula is C22H30O4. The molecule has 0 aromatic rings. The van der Waals surface area contributed by atoms with Crippen molar-refractivity contribution in [1.82, 2.24) is 0 Å². The summed E-state index contributed by atoms with van der Waals surface area (Å²) in [6, 6.07) is 0. The quantitative estimate of drug-likeness (QED) is 0.383. The first-order chi connectivity index (χ1) is 12.3. The van der Waals surface area contributed by atoms with Gasteiger partial charge in [-0.1, -0.05) is 29.4 Å². The Morgan fingerprint density at radius 2 is 1.88 bits per heavy atom. The third kappa shape index (κ3) is 5.72. The molecule has 1 aliphatic heterocycles. The van der Waals surface area contributed by atoms with E-state index in [4.69, 9.17) is 9.47 Å². The molecule has 1 fully saturated rings. The van der Waals surface area contributed by atoms with Crippen LogP contribution in [0.1, 0.15) is 59.8 Å². The van der Waals surface area contributed by atoms with E-state index in [0.29, 0.717) is 12.0 Å². The van der Waals surface area contributed by atoms with Gasteiger partial charge < -0.3 is 9.47 Å². The Bertz CT molecular complexity index is 666. The number of hydrogen-bond acceptors (Lipinski definition) is 4. The standard InChI is InChI=1S/C22H30O4/c1-14-7-6-8-15(2)11-19(25-18(5)23)12-16(3)13-21-20(10-9-14)17(4)22(24)26-21/h7,11,13,19-21H,4,6,8-10,12H2,1-3,5H3/b14-7+,15-11+,16-13+/t19-,20+,21-/m0/s1. The lowest BCUT2D eigenvalue weighted by Gasteiger charge is -2.19. The highest BCUT2D eigenvalue weighted by Crippen LogP contribution is 2.33. The lowest BCUT2D eigenvalue weighted by Crippen LogP contribution is -2.18. The molecule has 3 atom stereocenters. The molecule has 26 heavy (non-hydrogen) atoms. The van der Waals surface area contributed by atoms with Crippen LogP contribution < -0.4 is 0 Å². The van der Waals surface area contributed by atoms with Crippen LogP contribution in [0.25, 0.3) is 0 Å². The number of esters is 2. The van der Waals surface area contributed by atoms with Crippen LogP contribution in [0.15, 0.2) is 47.1 Å². The molecule has 0 aromatic heterocycles. The molecule has 0 radical (unpaired) electrons. The van der Waals surface area contributed by atoms with Crippen molar-refractivity contribution in [2.75, 3.05) is 0 Å². The smallest absolute Gasteiger partial charge is 0.334 e. The maximum absolute atomic E-state index is 12.0. The van der Waals surface area contributed by atoms with Crippen LogP contribution in [-0.4, -0.2) is 24.1 Å². The van der Waals surface area contributed by atoms with Gasteiger partial charge in [-0.25, -0.2) is 4.79 Å². The summed E-state index contributed by atoms with van der Waals surface area (Å²) in [4.78, 5) is 23.4. The maximum Gasteiger partial charge on any atom is 0.334 e. The normalized spacial score (nSPS) is 34.2. The molecular weight excluding hydrogens is 328 g/mol. The molecule has 1 heterocycles. The largest absolute Gasteiger partial charge is 0.458 e. The van der Waals surface area contributed by atoms with Gasteiger partial charge in [-0.05, 0) is 58.6 Å². The van der Waals surface area contributed by atoms with E-state index in [-0.39, 0.29) is 30.1 Å². The maximum atomic E-state index is 12.0. The number of fused-ring (bicyclic) bond motifs is 1. The number of ether oxygens (including phenoxy) is 2. The van der Waals surface area contributed by atoms with Gasteiger partial charge in [0.05, 0.1) is 0 Å². The second-order valence-electron chi connectivity index (χ2n) is 7.51. The van der Waals surface area contributed by atoms with Crippen molar-refractivity contribution in [3.63, 3.8) is 0 Å². The first-order valence-electron chi connectivity index (χ1n) is 9.33. The second kappa shape index (κ2) is 9.02. The van der Waals surface area contributed by atoms with Gasteiger partial charge in [-0.15, -0.1) is 0 Å². The van der Waals surface area contributed by atoms with Crippen LogP contribution in [0.4, 0.5) is 0 Å². The third-order valence-corrected chi connectivity index (χ3v) is 4.99. The van der Waals surface area contributed by atoms with E-state index < -0.39 is 0 Å². The summed E-state index contributed by atoms with van der Waals surface area (Å²) in [5, 5.41) is 0. The molecule has 0 saturated carbocycles. The van der Waals surface area contributed by atoms with Gasteiger partial charge in [-0.2, -0.15) is 0 Å². The Labute approximate surface area is 156 Å². The minimum absolute atomic E-state index is 0.00759. The predicted octanol–water partition coefficient (Wildman–Crippen LogP) is 4.82. The molecule has 4 heteroatoms. The van der Waals surface area contributed by atoms with Crippen molar-refractivity contribution in [3.05, 3.63) is 47.1 Å². The Morgan fingerprint density at radius 1 is 1.15 bits per heavy atom. The summed E-state index contributed by atoms with van der Waals surface area (Å²) in [5.74, 6) is -0.585. The van der Waals surface area contributed by atoms with E-state index in [9.17, 15) is 9.59 Å². The number of carbonyl (C=O) groups excluding carboxylic acids is 2. The zero-order valence-electron chi connectivity index (χ0n) is 16.3. The predicted molar refractivity (Wildman–Crippen MR) is 102 cm³/mol. The molecule has 1 aliphatic carbocycles. The number of carbonyl (C=O) groups is 2. The van der Waals surface area contributed by atoms with Crippen molar-refractivity contribution in [2.24, 2.45) is 5.92 Å². The fraction of sp³-hybridized carbons (Fsp3) is 0.545. The Kier molecular flexibility index (Phi) is 7.01. The van der Waals surface area contributed by atoms with Crippen LogP contribution in [0, 0.1) is 5.92 Å². The van der Waals surface area contributed by atoms with Gasteiger partial charge >= 0.3 is 11.9 Å². The average molecular weight is 358 g/mol. The van der Waals surface area contributed by atoms with Gasteiger partial charge in [-0.3, -0.25) is 4.79 Å². The Morgan fingerprint density at radius 3 is 2.58 bits per heavy atom. The fourth-order valence-corrected chi connectivity index (χ4v) is 3.57. The molecule has 2 rings (SSSR count). The van der Waals surface area contributed by atoms with Gasteiger partial charge in [0.2, 0.25) is 0 Å². The van der Waals surface area contributed by atoms with Crippen LogP contribution in [0.3, 0.4) is 0 Å². The summed E-state index contributed by atoms with van der Waals surface area (Å²) < 4.78 is 11.0. The molecule has 0 N–H and O–H groups in total. The number of hydrogen-bond donors (Lipinski definition) is 0. The van der Waals surface area contributed by atoms with Crippen LogP contribution in [0.5, 0.6) is 0 Å². The van der Waals surface area contributed by atoms with E-state index in [1.807, 2.05) is 19.1 Å². The molecule has 0 bridgehead atoms. The molecule has 0 amide bonds. The summed E-state index contributed by atoms with van der Waals surface area (Å²) in [7, 11) is 0. The fourth-order valence-electron chi connectivity index (χ4n) is 3.57.